The third kappa shape index (κ3) is 3.16. The molecular weight excluding hydrogens is 304 g/mol. The molecule has 3 rings (SSSR count). The van der Waals surface area contributed by atoms with Gasteiger partial charge in [-0.15, -0.1) is 0 Å². The Hall–Kier alpha value is -1.33. The molecule has 2 aromatic rings. The van der Waals surface area contributed by atoms with Crippen LogP contribution in [0.25, 0.3) is 0 Å². The standard InChI is InChI=1S/C14H17BrN4/c15-12-2-1-3-13(10-12)16-4-6-18-8-9-19-7-5-17-14(19)11-18/h1-3,5,7,10,16H,4,6,8-9,11H2. The molecule has 5 heteroatoms. The fourth-order valence-electron chi connectivity index (χ4n) is 2.37. The summed E-state index contributed by atoms with van der Waals surface area (Å²) in [6, 6.07) is 8.27. The van der Waals surface area contributed by atoms with Gasteiger partial charge < -0.3 is 9.88 Å². The van der Waals surface area contributed by atoms with Gasteiger partial charge in [0.05, 0.1) is 6.54 Å². The highest BCUT2D eigenvalue weighted by atomic mass is 79.9. The van der Waals surface area contributed by atoms with E-state index in [1.165, 1.54) is 5.82 Å². The van der Waals surface area contributed by atoms with Crippen LogP contribution >= 0.6 is 15.9 Å². The van der Waals surface area contributed by atoms with Crippen molar-refractivity contribution in [1.82, 2.24) is 14.5 Å². The summed E-state index contributed by atoms with van der Waals surface area (Å²) in [6.45, 7) is 5.10. The lowest BCUT2D eigenvalue weighted by atomic mass is 10.3. The van der Waals surface area contributed by atoms with Crippen LogP contribution in [-0.4, -0.2) is 34.1 Å². The Balaban J connectivity index is 1.49. The second-order valence-electron chi connectivity index (χ2n) is 4.75. The van der Waals surface area contributed by atoms with E-state index in [4.69, 9.17) is 0 Å². The number of benzene rings is 1. The van der Waals surface area contributed by atoms with Gasteiger partial charge in [0.2, 0.25) is 0 Å². The average Bonchev–Trinajstić information content (AvgIpc) is 2.86. The molecule has 0 saturated carbocycles. The number of halogens is 1. The van der Waals surface area contributed by atoms with E-state index in [0.717, 1.165) is 42.9 Å². The van der Waals surface area contributed by atoms with Gasteiger partial charge in [0.25, 0.3) is 0 Å². The number of nitrogens with one attached hydrogen (secondary N) is 1. The van der Waals surface area contributed by atoms with Gasteiger partial charge in [-0.05, 0) is 18.2 Å². The maximum atomic E-state index is 4.38. The van der Waals surface area contributed by atoms with Gasteiger partial charge >= 0.3 is 0 Å². The van der Waals surface area contributed by atoms with Gasteiger partial charge in [-0.3, -0.25) is 4.90 Å². The number of rotatable bonds is 4. The van der Waals surface area contributed by atoms with E-state index in [0.29, 0.717) is 0 Å². The zero-order valence-electron chi connectivity index (χ0n) is 10.7. The molecule has 0 atom stereocenters. The first kappa shape index (κ1) is 12.7. The van der Waals surface area contributed by atoms with Gasteiger partial charge in [0, 0.05) is 48.7 Å². The molecule has 0 bridgehead atoms. The molecule has 1 aromatic carbocycles. The molecule has 0 amide bonds. The van der Waals surface area contributed by atoms with Gasteiger partial charge in [-0.2, -0.15) is 0 Å². The van der Waals surface area contributed by atoms with Crippen molar-refractivity contribution in [1.29, 1.82) is 0 Å². The minimum atomic E-state index is 0.952. The van der Waals surface area contributed by atoms with E-state index in [1.54, 1.807) is 0 Å². The van der Waals surface area contributed by atoms with Crippen molar-refractivity contribution in [3.63, 3.8) is 0 Å². The minimum absolute atomic E-state index is 0.952. The van der Waals surface area contributed by atoms with E-state index in [-0.39, 0.29) is 0 Å². The Bertz CT molecular complexity index is 552. The summed E-state index contributed by atoms with van der Waals surface area (Å²) in [7, 11) is 0. The summed E-state index contributed by atoms with van der Waals surface area (Å²) in [6.07, 6.45) is 3.95. The maximum Gasteiger partial charge on any atom is 0.122 e. The van der Waals surface area contributed by atoms with Crippen molar-refractivity contribution in [3.8, 4) is 0 Å². The molecular formula is C14H17BrN4. The third-order valence-corrected chi connectivity index (χ3v) is 3.90. The third-order valence-electron chi connectivity index (χ3n) is 3.41. The fraction of sp³-hybridized carbons (Fsp3) is 0.357. The zero-order valence-corrected chi connectivity index (χ0v) is 12.3. The van der Waals surface area contributed by atoms with Crippen molar-refractivity contribution >= 4 is 21.6 Å². The number of fused-ring (bicyclic) bond motifs is 1. The first-order valence-electron chi connectivity index (χ1n) is 6.53. The highest BCUT2D eigenvalue weighted by molar-refractivity contribution is 9.10. The van der Waals surface area contributed by atoms with Crippen LogP contribution < -0.4 is 5.32 Å². The van der Waals surface area contributed by atoms with Crippen molar-refractivity contribution in [2.45, 2.75) is 13.1 Å². The van der Waals surface area contributed by atoms with Crippen LogP contribution in [0.1, 0.15) is 5.82 Å². The van der Waals surface area contributed by atoms with Crippen LogP contribution in [0.4, 0.5) is 5.69 Å². The number of aromatic nitrogens is 2. The van der Waals surface area contributed by atoms with Crippen molar-refractivity contribution in [2.75, 3.05) is 25.0 Å². The minimum Gasteiger partial charge on any atom is -0.384 e. The average molecular weight is 321 g/mol. The van der Waals surface area contributed by atoms with Crippen LogP contribution in [0.3, 0.4) is 0 Å². The van der Waals surface area contributed by atoms with Crippen LogP contribution in [-0.2, 0) is 13.1 Å². The van der Waals surface area contributed by atoms with Crippen LogP contribution in [0.15, 0.2) is 41.1 Å². The molecule has 0 aliphatic carbocycles. The van der Waals surface area contributed by atoms with Crippen molar-refractivity contribution in [3.05, 3.63) is 47.0 Å². The van der Waals surface area contributed by atoms with E-state index in [9.17, 15) is 0 Å². The first-order chi connectivity index (χ1) is 9.31. The summed E-state index contributed by atoms with van der Waals surface area (Å²) in [5.41, 5.74) is 1.16. The first-order valence-corrected chi connectivity index (χ1v) is 7.32. The summed E-state index contributed by atoms with van der Waals surface area (Å²) in [5, 5.41) is 3.45. The number of nitrogens with zero attached hydrogens (tertiary/aromatic N) is 3. The summed E-state index contributed by atoms with van der Waals surface area (Å²) in [4.78, 5) is 6.82. The molecule has 1 aliphatic heterocycles. The van der Waals surface area contributed by atoms with E-state index < -0.39 is 0 Å². The molecule has 1 aromatic heterocycles. The molecule has 0 saturated heterocycles. The maximum absolute atomic E-state index is 4.38. The van der Waals surface area contributed by atoms with E-state index in [1.807, 2.05) is 18.3 Å². The quantitative estimate of drug-likeness (QED) is 0.940. The SMILES string of the molecule is Brc1cccc(NCCN2CCn3ccnc3C2)c1. The van der Waals surface area contributed by atoms with Crippen molar-refractivity contribution < 1.29 is 0 Å². The Kier molecular flexibility index (Phi) is 3.84. The Morgan fingerprint density at radius 2 is 2.26 bits per heavy atom. The smallest absolute Gasteiger partial charge is 0.122 e. The molecule has 0 unspecified atom stereocenters. The van der Waals surface area contributed by atoms with E-state index >= 15 is 0 Å². The number of hydrogen-bond donors (Lipinski definition) is 1. The molecule has 0 fully saturated rings. The monoisotopic (exact) mass is 320 g/mol. The predicted octanol–water partition coefficient (Wildman–Crippen LogP) is 2.57. The van der Waals surface area contributed by atoms with Gasteiger partial charge in [0.15, 0.2) is 0 Å². The molecule has 2 heterocycles. The Morgan fingerprint density at radius 3 is 3.16 bits per heavy atom. The molecule has 4 nitrogen and oxygen atoms in total. The molecule has 100 valence electrons. The lowest BCUT2D eigenvalue weighted by molar-refractivity contribution is 0.225. The Labute approximate surface area is 121 Å². The number of imidazole rings is 1. The topological polar surface area (TPSA) is 33.1 Å². The van der Waals surface area contributed by atoms with E-state index in [2.05, 4.69) is 54.0 Å². The summed E-state index contributed by atoms with van der Waals surface area (Å²) in [5.74, 6) is 1.17. The normalized spacial score (nSPS) is 15.2. The molecule has 0 spiro atoms. The van der Waals surface area contributed by atoms with Crippen LogP contribution in [0.2, 0.25) is 0 Å². The van der Waals surface area contributed by atoms with Gasteiger partial charge in [-0.25, -0.2) is 4.98 Å². The molecule has 1 aliphatic rings. The lowest BCUT2D eigenvalue weighted by Gasteiger charge is -2.27. The Morgan fingerprint density at radius 1 is 1.32 bits per heavy atom. The van der Waals surface area contributed by atoms with Crippen molar-refractivity contribution in [2.24, 2.45) is 0 Å². The summed E-state index contributed by atoms with van der Waals surface area (Å²) < 4.78 is 3.34. The second kappa shape index (κ2) is 5.75. The van der Waals surface area contributed by atoms with Gasteiger partial charge in [0.1, 0.15) is 5.82 Å². The molecule has 19 heavy (non-hydrogen) atoms. The second-order valence-corrected chi connectivity index (χ2v) is 5.67. The summed E-state index contributed by atoms with van der Waals surface area (Å²) >= 11 is 3.48. The highest BCUT2D eigenvalue weighted by Crippen LogP contribution is 2.15. The zero-order chi connectivity index (χ0) is 13.1. The predicted molar refractivity (Wildman–Crippen MR) is 80.1 cm³/mol. The molecule has 0 radical (unpaired) electrons. The van der Waals surface area contributed by atoms with Crippen LogP contribution in [0, 0.1) is 0 Å². The highest BCUT2D eigenvalue weighted by Gasteiger charge is 2.15. The molecule has 1 N–H and O–H groups in total. The number of anilines is 1. The largest absolute Gasteiger partial charge is 0.384 e. The van der Waals surface area contributed by atoms with Crippen LogP contribution in [0.5, 0.6) is 0 Å². The fourth-order valence-corrected chi connectivity index (χ4v) is 2.77. The lowest BCUT2D eigenvalue weighted by Crippen LogP contribution is -2.36. The van der Waals surface area contributed by atoms with Gasteiger partial charge in [-0.1, -0.05) is 22.0 Å². The number of hydrogen-bond acceptors (Lipinski definition) is 3.